The van der Waals surface area contributed by atoms with Gasteiger partial charge in [0.15, 0.2) is 0 Å². The normalized spacial score (nSPS) is 10.2. The van der Waals surface area contributed by atoms with E-state index in [1.807, 2.05) is 6.07 Å². The summed E-state index contributed by atoms with van der Waals surface area (Å²) in [6.07, 6.45) is 3.27. The molecule has 1 aromatic carbocycles. The minimum absolute atomic E-state index is 0.0288. The van der Waals surface area contributed by atoms with Crippen LogP contribution in [-0.2, 0) is 6.54 Å². The van der Waals surface area contributed by atoms with Gasteiger partial charge in [-0.05, 0) is 23.8 Å². The topological polar surface area (TPSA) is 76.3 Å². The molecule has 21 heavy (non-hydrogen) atoms. The van der Waals surface area contributed by atoms with Gasteiger partial charge in [-0.3, -0.25) is 19.9 Å². The highest BCUT2D eigenvalue weighted by Gasteiger charge is 2.23. The first-order valence-electron chi connectivity index (χ1n) is 6.07. The lowest BCUT2D eigenvalue weighted by molar-refractivity contribution is -0.385. The highest BCUT2D eigenvalue weighted by atomic mass is 35.5. The van der Waals surface area contributed by atoms with Crippen LogP contribution in [0.2, 0.25) is 5.02 Å². The van der Waals surface area contributed by atoms with Crippen molar-refractivity contribution in [3.63, 3.8) is 0 Å². The second-order valence-electron chi connectivity index (χ2n) is 4.44. The number of carbonyl (C=O) groups excluding carboxylic acids is 1. The first-order chi connectivity index (χ1) is 9.99. The van der Waals surface area contributed by atoms with Crippen LogP contribution in [0.15, 0.2) is 42.7 Å². The number of pyridine rings is 1. The molecule has 1 aromatic heterocycles. The molecule has 0 saturated heterocycles. The molecule has 0 N–H and O–H groups in total. The molecule has 0 unspecified atom stereocenters. The number of nitro benzene ring substituents is 1. The fourth-order valence-electron chi connectivity index (χ4n) is 1.88. The van der Waals surface area contributed by atoms with Crippen molar-refractivity contribution in [2.45, 2.75) is 6.54 Å². The van der Waals surface area contributed by atoms with E-state index in [9.17, 15) is 14.9 Å². The zero-order valence-electron chi connectivity index (χ0n) is 11.2. The molecule has 2 aromatic rings. The molecule has 0 atom stereocenters. The second kappa shape index (κ2) is 6.32. The number of nitro groups is 1. The van der Waals surface area contributed by atoms with E-state index in [2.05, 4.69) is 4.98 Å². The number of rotatable bonds is 4. The number of aromatic nitrogens is 1. The second-order valence-corrected chi connectivity index (χ2v) is 4.88. The first kappa shape index (κ1) is 14.9. The monoisotopic (exact) mass is 305 g/mol. The van der Waals surface area contributed by atoms with Gasteiger partial charge in [-0.1, -0.05) is 17.7 Å². The molecule has 7 heteroatoms. The van der Waals surface area contributed by atoms with Gasteiger partial charge in [0, 0.05) is 37.1 Å². The summed E-state index contributed by atoms with van der Waals surface area (Å²) in [5.74, 6) is -0.465. The Morgan fingerprint density at radius 3 is 2.81 bits per heavy atom. The molecule has 0 spiro atoms. The number of hydrogen-bond acceptors (Lipinski definition) is 4. The van der Waals surface area contributed by atoms with Crippen LogP contribution in [-0.4, -0.2) is 27.8 Å². The van der Waals surface area contributed by atoms with E-state index in [-0.39, 0.29) is 16.3 Å². The van der Waals surface area contributed by atoms with E-state index in [1.165, 1.54) is 23.1 Å². The minimum atomic E-state index is -0.596. The summed E-state index contributed by atoms with van der Waals surface area (Å²) >= 11 is 5.83. The Morgan fingerprint density at radius 2 is 2.19 bits per heavy atom. The van der Waals surface area contributed by atoms with Crippen LogP contribution in [0.5, 0.6) is 0 Å². The van der Waals surface area contributed by atoms with Crippen molar-refractivity contribution in [3.8, 4) is 0 Å². The van der Waals surface area contributed by atoms with Crippen LogP contribution < -0.4 is 0 Å². The number of benzene rings is 1. The van der Waals surface area contributed by atoms with Gasteiger partial charge in [-0.2, -0.15) is 0 Å². The smallest absolute Gasteiger partial charge is 0.282 e. The number of nitrogens with zero attached hydrogens (tertiary/aromatic N) is 3. The van der Waals surface area contributed by atoms with Gasteiger partial charge in [-0.15, -0.1) is 0 Å². The van der Waals surface area contributed by atoms with Crippen LogP contribution in [0.4, 0.5) is 5.69 Å². The molecule has 0 fully saturated rings. The molecular formula is C14H12ClN3O3. The summed E-state index contributed by atoms with van der Waals surface area (Å²) in [5.41, 5.74) is 0.541. The van der Waals surface area contributed by atoms with Crippen molar-refractivity contribution in [3.05, 3.63) is 69.0 Å². The van der Waals surface area contributed by atoms with E-state index in [1.54, 1.807) is 25.5 Å². The van der Waals surface area contributed by atoms with Crippen molar-refractivity contribution < 1.29 is 9.72 Å². The maximum absolute atomic E-state index is 12.4. The number of amides is 1. The van der Waals surface area contributed by atoms with Crippen LogP contribution >= 0.6 is 11.6 Å². The van der Waals surface area contributed by atoms with Crippen LogP contribution in [0.1, 0.15) is 15.9 Å². The van der Waals surface area contributed by atoms with Crippen LogP contribution in [0.3, 0.4) is 0 Å². The average molecular weight is 306 g/mol. The van der Waals surface area contributed by atoms with Gasteiger partial charge in [0.25, 0.3) is 11.6 Å². The van der Waals surface area contributed by atoms with Crippen LogP contribution in [0.25, 0.3) is 0 Å². The summed E-state index contributed by atoms with van der Waals surface area (Å²) in [5, 5.41) is 11.3. The molecule has 6 nitrogen and oxygen atoms in total. The summed E-state index contributed by atoms with van der Waals surface area (Å²) < 4.78 is 0. The Balaban J connectivity index is 2.27. The third kappa shape index (κ3) is 3.55. The molecular weight excluding hydrogens is 294 g/mol. The maximum Gasteiger partial charge on any atom is 0.282 e. The van der Waals surface area contributed by atoms with Crippen molar-refractivity contribution >= 4 is 23.2 Å². The van der Waals surface area contributed by atoms with E-state index in [0.717, 1.165) is 5.56 Å². The molecule has 0 radical (unpaired) electrons. The Morgan fingerprint density at radius 1 is 1.43 bits per heavy atom. The quantitative estimate of drug-likeness (QED) is 0.643. The third-order valence-electron chi connectivity index (χ3n) is 2.87. The average Bonchev–Trinajstić information content (AvgIpc) is 2.47. The van der Waals surface area contributed by atoms with Gasteiger partial charge in [-0.25, -0.2) is 0 Å². The van der Waals surface area contributed by atoms with Crippen LogP contribution in [0, 0.1) is 10.1 Å². The molecule has 0 aliphatic rings. The van der Waals surface area contributed by atoms with Crippen molar-refractivity contribution in [2.24, 2.45) is 0 Å². The zero-order chi connectivity index (χ0) is 15.4. The minimum Gasteiger partial charge on any atom is -0.337 e. The Hall–Kier alpha value is -2.47. The molecule has 108 valence electrons. The van der Waals surface area contributed by atoms with Gasteiger partial charge >= 0.3 is 0 Å². The first-order valence-corrected chi connectivity index (χ1v) is 6.45. The summed E-state index contributed by atoms with van der Waals surface area (Å²) in [6, 6.07) is 7.51. The highest BCUT2D eigenvalue weighted by Crippen LogP contribution is 2.24. The van der Waals surface area contributed by atoms with Gasteiger partial charge in [0.1, 0.15) is 5.56 Å². The lowest BCUT2D eigenvalue weighted by Gasteiger charge is -2.17. The fourth-order valence-corrected chi connectivity index (χ4v) is 2.05. The molecule has 0 aliphatic carbocycles. The van der Waals surface area contributed by atoms with E-state index in [4.69, 9.17) is 11.6 Å². The van der Waals surface area contributed by atoms with Gasteiger partial charge < -0.3 is 4.90 Å². The number of hydrogen-bond donors (Lipinski definition) is 0. The standard InChI is InChI=1S/C14H12ClN3O3/c1-17(9-10-3-2-6-16-8-10)14(19)12-7-11(15)4-5-13(12)18(20)21/h2-8H,9H2,1H3. The predicted octanol–water partition coefficient (Wildman–Crippen LogP) is 2.92. The highest BCUT2D eigenvalue weighted by molar-refractivity contribution is 6.31. The lowest BCUT2D eigenvalue weighted by Crippen LogP contribution is -2.27. The SMILES string of the molecule is CN(Cc1cccnc1)C(=O)c1cc(Cl)ccc1[N+](=O)[O-]. The fraction of sp³-hybridized carbons (Fsp3) is 0.143. The molecule has 0 aliphatic heterocycles. The molecule has 0 bridgehead atoms. The van der Waals surface area contributed by atoms with E-state index in [0.29, 0.717) is 6.54 Å². The Kier molecular flexibility index (Phi) is 4.49. The number of halogens is 1. The van der Waals surface area contributed by atoms with Crippen molar-refractivity contribution in [2.75, 3.05) is 7.05 Å². The van der Waals surface area contributed by atoms with E-state index >= 15 is 0 Å². The molecule has 0 saturated carbocycles. The summed E-state index contributed by atoms with van der Waals surface area (Å²) in [4.78, 5) is 28.1. The summed E-state index contributed by atoms with van der Waals surface area (Å²) in [7, 11) is 1.57. The molecule has 1 heterocycles. The largest absolute Gasteiger partial charge is 0.337 e. The zero-order valence-corrected chi connectivity index (χ0v) is 11.9. The Labute approximate surface area is 126 Å². The molecule has 1 amide bonds. The molecule has 2 rings (SSSR count). The predicted molar refractivity (Wildman–Crippen MR) is 78.1 cm³/mol. The third-order valence-corrected chi connectivity index (χ3v) is 3.11. The van der Waals surface area contributed by atoms with Crippen molar-refractivity contribution in [1.29, 1.82) is 0 Å². The number of carbonyl (C=O) groups is 1. The Bertz CT molecular complexity index is 676. The lowest BCUT2D eigenvalue weighted by atomic mass is 10.1. The van der Waals surface area contributed by atoms with Crippen molar-refractivity contribution in [1.82, 2.24) is 9.88 Å². The van der Waals surface area contributed by atoms with E-state index < -0.39 is 10.8 Å². The van der Waals surface area contributed by atoms with Gasteiger partial charge in [0.2, 0.25) is 0 Å². The summed E-state index contributed by atoms with van der Waals surface area (Å²) in [6.45, 7) is 0.302. The van der Waals surface area contributed by atoms with Gasteiger partial charge in [0.05, 0.1) is 4.92 Å². The maximum atomic E-state index is 12.4.